The van der Waals surface area contributed by atoms with Crippen LogP contribution in [0.1, 0.15) is 12.5 Å². The van der Waals surface area contributed by atoms with E-state index in [1.165, 1.54) is 5.01 Å². The van der Waals surface area contributed by atoms with E-state index in [2.05, 4.69) is 15.7 Å². The van der Waals surface area contributed by atoms with E-state index in [1.807, 2.05) is 0 Å². The molecule has 0 saturated carbocycles. The van der Waals surface area contributed by atoms with Gasteiger partial charge in [0.15, 0.2) is 5.03 Å². The smallest absolute Gasteiger partial charge is 0.200 e. The van der Waals surface area contributed by atoms with Crippen molar-refractivity contribution in [3.8, 4) is 0 Å². The number of nitro groups is 1. The lowest BCUT2D eigenvalue weighted by atomic mass is 10.1. The fraction of sp³-hybridized carbons (Fsp3) is 0.400. The molecule has 1 atom stereocenters. The average molecular weight is 286 g/mol. The number of hydrazone groups is 1. The molecule has 1 fully saturated rings. The third-order valence-corrected chi connectivity index (χ3v) is 2.76. The summed E-state index contributed by atoms with van der Waals surface area (Å²) < 4.78 is 0. The largest absolute Gasteiger partial charge is 0.281 e. The molecule has 0 aromatic carbocycles. The third-order valence-electron chi connectivity index (χ3n) is 2.54. The van der Waals surface area contributed by atoms with Crippen molar-refractivity contribution >= 4 is 17.4 Å². The second-order valence-electron chi connectivity index (χ2n) is 4.07. The van der Waals surface area contributed by atoms with Crippen molar-refractivity contribution in [2.24, 2.45) is 11.0 Å². The van der Waals surface area contributed by atoms with Crippen LogP contribution in [0.25, 0.3) is 0 Å². The number of halogens is 1. The molecule has 1 aromatic rings. The van der Waals surface area contributed by atoms with E-state index in [4.69, 9.17) is 16.4 Å². The molecular formula is C10H12ClN5O3. The van der Waals surface area contributed by atoms with Gasteiger partial charge >= 0.3 is 0 Å². The number of hydrazine groups is 1. The monoisotopic (exact) mass is 285 g/mol. The van der Waals surface area contributed by atoms with Crippen LogP contribution in [-0.2, 0) is 11.4 Å². The van der Waals surface area contributed by atoms with Gasteiger partial charge in [-0.3, -0.25) is 9.85 Å². The molecule has 1 saturated heterocycles. The molecule has 0 amide bonds. The van der Waals surface area contributed by atoms with Gasteiger partial charge in [-0.1, -0.05) is 24.6 Å². The Kier molecular flexibility index (Phi) is 4.25. The highest BCUT2D eigenvalue weighted by molar-refractivity contribution is 6.29. The molecule has 8 nitrogen and oxygen atoms in total. The Bertz CT molecular complexity index is 492. The second kappa shape index (κ2) is 5.91. The first-order valence-electron chi connectivity index (χ1n) is 5.54. The zero-order valence-electron chi connectivity index (χ0n) is 10.1. The zero-order chi connectivity index (χ0) is 13.8. The van der Waals surface area contributed by atoms with Crippen LogP contribution in [0.4, 0.5) is 0 Å². The molecular weight excluding hydrogens is 274 g/mol. The average Bonchev–Trinajstić information content (AvgIpc) is 2.36. The van der Waals surface area contributed by atoms with E-state index in [0.717, 1.165) is 5.56 Å². The van der Waals surface area contributed by atoms with Crippen LogP contribution in [-0.4, -0.2) is 27.5 Å². The lowest BCUT2D eigenvalue weighted by Crippen LogP contribution is -2.51. The van der Waals surface area contributed by atoms with Gasteiger partial charge in [-0.2, -0.15) is 0 Å². The molecule has 1 aromatic heterocycles. The number of aromatic nitrogens is 1. The Morgan fingerprint density at radius 2 is 2.53 bits per heavy atom. The number of hydrogen-bond acceptors (Lipinski definition) is 5. The number of nitrogens with zero attached hydrogens (tertiary/aromatic N) is 4. The van der Waals surface area contributed by atoms with Gasteiger partial charge < -0.3 is 0 Å². The molecule has 1 aliphatic heterocycles. The highest BCUT2D eigenvalue weighted by Crippen LogP contribution is 2.13. The quantitative estimate of drug-likeness (QED) is 0.510. The van der Waals surface area contributed by atoms with E-state index < -0.39 is 5.03 Å². The van der Waals surface area contributed by atoms with Crippen LogP contribution >= 0.6 is 11.6 Å². The zero-order valence-corrected chi connectivity index (χ0v) is 10.9. The van der Waals surface area contributed by atoms with Crippen molar-refractivity contribution in [2.75, 3.05) is 6.61 Å². The van der Waals surface area contributed by atoms with Crippen molar-refractivity contribution in [1.82, 2.24) is 15.6 Å². The van der Waals surface area contributed by atoms with Gasteiger partial charge in [-0.05, 0) is 11.6 Å². The highest BCUT2D eigenvalue weighted by atomic mass is 35.5. The molecule has 2 heterocycles. The van der Waals surface area contributed by atoms with Crippen LogP contribution in [0, 0.1) is 16.0 Å². The first kappa shape index (κ1) is 13.7. The molecule has 0 aliphatic carbocycles. The van der Waals surface area contributed by atoms with E-state index in [-0.39, 0.29) is 5.92 Å². The van der Waals surface area contributed by atoms with Gasteiger partial charge in [0.25, 0.3) is 0 Å². The summed E-state index contributed by atoms with van der Waals surface area (Å²) in [6, 6.07) is 3.43. The molecule has 0 bridgehead atoms. The summed E-state index contributed by atoms with van der Waals surface area (Å²) in [6.45, 7) is 2.46. The first-order chi connectivity index (χ1) is 9.06. The lowest BCUT2D eigenvalue weighted by molar-refractivity contribution is -0.486. The minimum Gasteiger partial charge on any atom is -0.281 e. The van der Waals surface area contributed by atoms with Crippen molar-refractivity contribution < 1.29 is 9.87 Å². The number of nitrogens with one attached hydrogen (secondary N) is 1. The molecule has 1 N–H and O–H groups in total. The maximum absolute atomic E-state index is 10.5. The molecule has 9 heteroatoms. The molecule has 2 rings (SSSR count). The van der Waals surface area contributed by atoms with Crippen molar-refractivity contribution in [3.05, 3.63) is 39.2 Å². The number of hydrogen-bond donors (Lipinski definition) is 1. The van der Waals surface area contributed by atoms with Crippen molar-refractivity contribution in [3.63, 3.8) is 0 Å². The van der Waals surface area contributed by atoms with Gasteiger partial charge in [0.05, 0.1) is 18.3 Å². The summed E-state index contributed by atoms with van der Waals surface area (Å²) in [5.41, 5.74) is 3.43. The van der Waals surface area contributed by atoms with Gasteiger partial charge in [0.2, 0.25) is 5.84 Å². The Morgan fingerprint density at radius 3 is 3.16 bits per heavy atom. The van der Waals surface area contributed by atoms with Crippen LogP contribution in [0.3, 0.4) is 0 Å². The van der Waals surface area contributed by atoms with Gasteiger partial charge in [0.1, 0.15) is 5.15 Å². The summed E-state index contributed by atoms with van der Waals surface area (Å²) in [5.74, 6) is 0.137. The Hall–Kier alpha value is -1.77. The highest BCUT2D eigenvalue weighted by Gasteiger charge is 2.27. The maximum Gasteiger partial charge on any atom is 0.200 e. The fourth-order valence-electron chi connectivity index (χ4n) is 1.66. The Labute approximate surface area is 114 Å². The molecule has 19 heavy (non-hydrogen) atoms. The second-order valence-corrected chi connectivity index (χ2v) is 4.46. The van der Waals surface area contributed by atoms with Crippen molar-refractivity contribution in [1.29, 1.82) is 0 Å². The topological polar surface area (TPSA) is 92.9 Å². The summed E-state index contributed by atoms with van der Waals surface area (Å²) in [4.78, 5) is 19.6. The predicted molar refractivity (Wildman–Crippen MR) is 67.5 cm³/mol. The van der Waals surface area contributed by atoms with Crippen LogP contribution in [0.15, 0.2) is 23.4 Å². The molecule has 0 radical (unpaired) electrons. The summed E-state index contributed by atoms with van der Waals surface area (Å²) in [6.07, 6.45) is 1.59. The number of rotatable bonds is 3. The van der Waals surface area contributed by atoms with E-state index in [1.54, 1.807) is 25.3 Å². The summed E-state index contributed by atoms with van der Waals surface area (Å²) in [5, 5.41) is 15.1. The van der Waals surface area contributed by atoms with E-state index in [0.29, 0.717) is 24.1 Å². The normalized spacial score (nSPS) is 21.7. The molecule has 0 spiro atoms. The fourth-order valence-corrected chi connectivity index (χ4v) is 1.77. The number of pyridine rings is 1. The minimum absolute atomic E-state index is 0.174. The van der Waals surface area contributed by atoms with Crippen LogP contribution < -0.4 is 5.59 Å². The van der Waals surface area contributed by atoms with Gasteiger partial charge in [-0.15, -0.1) is 5.59 Å². The SMILES string of the molecule is CC1CONN(Cc2ccc(Cl)nc2)C1=N[N+](=O)[O-]. The van der Waals surface area contributed by atoms with E-state index >= 15 is 0 Å². The Balaban J connectivity index is 2.16. The summed E-state index contributed by atoms with van der Waals surface area (Å²) in [7, 11) is 0. The van der Waals surface area contributed by atoms with Crippen LogP contribution in [0.2, 0.25) is 5.15 Å². The standard InChI is InChI=1S/C10H12ClN5O3/c1-7-6-19-14-15(10(7)13-16(17)18)5-8-2-3-9(11)12-4-8/h2-4,7,14H,5-6H2,1H3. The third kappa shape index (κ3) is 3.60. The Morgan fingerprint density at radius 1 is 1.74 bits per heavy atom. The minimum atomic E-state index is -0.716. The van der Waals surface area contributed by atoms with Crippen LogP contribution in [0.5, 0.6) is 0 Å². The lowest BCUT2D eigenvalue weighted by Gasteiger charge is -2.31. The van der Waals surface area contributed by atoms with Gasteiger partial charge in [-0.25, -0.2) is 15.1 Å². The molecule has 1 unspecified atom stereocenters. The first-order valence-corrected chi connectivity index (χ1v) is 5.92. The summed E-state index contributed by atoms with van der Waals surface area (Å²) >= 11 is 5.70. The predicted octanol–water partition coefficient (Wildman–Crippen LogP) is 1.21. The number of amidine groups is 1. The molecule has 102 valence electrons. The van der Waals surface area contributed by atoms with E-state index in [9.17, 15) is 10.1 Å². The molecule has 1 aliphatic rings. The van der Waals surface area contributed by atoms with Crippen molar-refractivity contribution in [2.45, 2.75) is 13.5 Å². The maximum atomic E-state index is 10.5. The van der Waals surface area contributed by atoms with Gasteiger partial charge in [0, 0.05) is 12.1 Å².